The molecule has 12 heteroatoms. The van der Waals surface area contributed by atoms with Crippen molar-refractivity contribution >= 4 is 33.1 Å². The van der Waals surface area contributed by atoms with Gasteiger partial charge in [-0.3, -0.25) is 9.59 Å². The molecule has 0 bridgehead atoms. The Kier molecular flexibility index (Phi) is 13.2. The van der Waals surface area contributed by atoms with Gasteiger partial charge in [0.1, 0.15) is 40.2 Å². The van der Waals surface area contributed by atoms with Crippen LogP contribution in [0, 0.1) is 6.92 Å². The highest BCUT2D eigenvalue weighted by molar-refractivity contribution is 6.11. The lowest BCUT2D eigenvalue weighted by molar-refractivity contribution is -0.288. The molecule has 0 N–H and O–H groups in total. The molecule has 372 valence electrons. The van der Waals surface area contributed by atoms with Crippen molar-refractivity contribution in [2.45, 2.75) is 24.7 Å². The van der Waals surface area contributed by atoms with Gasteiger partial charge in [0.2, 0.25) is 5.41 Å². The molecule has 0 unspecified atom stereocenters. The Balaban J connectivity index is 0.830. The average Bonchev–Trinajstić information content (AvgIpc) is 3.42. The predicted octanol–water partition coefficient (Wildman–Crippen LogP) is 17.2. The van der Waals surface area contributed by atoms with Crippen molar-refractivity contribution in [3.63, 3.8) is 0 Å². The van der Waals surface area contributed by atoms with Gasteiger partial charge in [0.15, 0.2) is 11.6 Å². The van der Waals surface area contributed by atoms with Gasteiger partial charge in [-0.05, 0) is 149 Å². The van der Waals surface area contributed by atoms with Crippen LogP contribution in [0.1, 0.15) is 48.5 Å². The molecule has 10 rings (SSSR count). The van der Waals surface area contributed by atoms with Gasteiger partial charge < -0.3 is 18.9 Å². The van der Waals surface area contributed by atoms with Gasteiger partial charge in [-0.2, -0.15) is 26.3 Å². The summed E-state index contributed by atoms with van der Waals surface area (Å²) in [5.74, 6) is 1.51. The molecule has 10 aromatic carbocycles. The number of benzene rings is 10. The Bertz CT molecular complexity index is 3690. The maximum absolute atomic E-state index is 15.1. The van der Waals surface area contributed by atoms with Crippen LogP contribution in [0.4, 0.5) is 26.3 Å². The minimum absolute atomic E-state index is 0.0276. The third-order valence-electron chi connectivity index (χ3n) is 13.0. The molecular weight excluding hydrogens is 967 g/mol. The Labute approximate surface area is 427 Å². The molecule has 75 heavy (non-hydrogen) atoms. The summed E-state index contributed by atoms with van der Waals surface area (Å²) in [5, 5.41) is 4.00. The average molecular weight is 1010 g/mol. The largest absolute Gasteiger partial charge is 0.496 e. The van der Waals surface area contributed by atoms with Crippen molar-refractivity contribution in [3.05, 3.63) is 257 Å². The lowest BCUT2D eigenvalue weighted by atomic mass is 9.73. The molecule has 6 nitrogen and oxygen atoms in total. The van der Waals surface area contributed by atoms with E-state index >= 15 is 26.3 Å². The van der Waals surface area contributed by atoms with Gasteiger partial charge in [0.25, 0.3) is 0 Å². The van der Waals surface area contributed by atoms with Gasteiger partial charge >= 0.3 is 12.4 Å². The predicted molar refractivity (Wildman–Crippen MR) is 277 cm³/mol. The van der Waals surface area contributed by atoms with Crippen LogP contribution in [-0.4, -0.2) is 31.0 Å². The topological polar surface area (TPSA) is 71.1 Å². The molecule has 10 aromatic rings. The zero-order valence-corrected chi connectivity index (χ0v) is 40.0. The van der Waals surface area contributed by atoms with Crippen LogP contribution in [0.3, 0.4) is 0 Å². The number of halogens is 6. The number of methoxy groups -OCH3 is 1. The Hall–Kier alpha value is -9.16. The lowest BCUT2D eigenvalue weighted by Crippen LogP contribution is -2.54. The van der Waals surface area contributed by atoms with E-state index in [9.17, 15) is 9.59 Å². The summed E-state index contributed by atoms with van der Waals surface area (Å²) >= 11 is 0. The highest BCUT2D eigenvalue weighted by atomic mass is 19.4. The van der Waals surface area contributed by atoms with Crippen molar-refractivity contribution in [2.75, 3.05) is 7.11 Å². The Morgan fingerprint density at radius 1 is 0.360 bits per heavy atom. The van der Waals surface area contributed by atoms with Crippen LogP contribution in [0.2, 0.25) is 0 Å². The molecule has 0 amide bonds. The smallest absolute Gasteiger partial charge is 0.411 e. The summed E-state index contributed by atoms with van der Waals surface area (Å²) in [6.45, 7) is 1.90. The van der Waals surface area contributed by atoms with Crippen LogP contribution < -0.4 is 18.9 Å². The monoisotopic (exact) mass is 1010 g/mol. The Morgan fingerprint density at radius 3 is 1.05 bits per heavy atom. The summed E-state index contributed by atoms with van der Waals surface area (Å²) in [5.41, 5.74) is -2.38. The van der Waals surface area contributed by atoms with E-state index in [2.05, 4.69) is 0 Å². The maximum atomic E-state index is 15.1. The summed E-state index contributed by atoms with van der Waals surface area (Å²) in [4.78, 5) is 26.5. The van der Waals surface area contributed by atoms with Crippen molar-refractivity contribution in [2.24, 2.45) is 0 Å². The zero-order chi connectivity index (χ0) is 52.5. The molecule has 0 radical (unpaired) electrons. The van der Waals surface area contributed by atoms with Gasteiger partial charge in [0.05, 0.1) is 7.11 Å². The molecule has 0 atom stereocenters. The van der Waals surface area contributed by atoms with Crippen LogP contribution in [0.5, 0.6) is 40.2 Å². The van der Waals surface area contributed by atoms with E-state index in [4.69, 9.17) is 18.9 Å². The summed E-state index contributed by atoms with van der Waals surface area (Å²) in [7, 11) is 1.63. The van der Waals surface area contributed by atoms with Crippen molar-refractivity contribution in [1.29, 1.82) is 0 Å². The second-order valence-corrected chi connectivity index (χ2v) is 17.7. The van der Waals surface area contributed by atoms with E-state index in [0.717, 1.165) is 86.8 Å². The molecule has 0 fully saturated rings. The van der Waals surface area contributed by atoms with E-state index in [1.54, 1.807) is 43.5 Å². The second-order valence-electron chi connectivity index (χ2n) is 17.7. The molecule has 0 saturated carbocycles. The van der Waals surface area contributed by atoms with E-state index in [1.165, 1.54) is 48.5 Å². The molecule has 0 aromatic heterocycles. The van der Waals surface area contributed by atoms with Crippen molar-refractivity contribution in [1.82, 2.24) is 0 Å². The number of ketones is 2. The number of carbonyl (C=O) groups is 2. The second kappa shape index (κ2) is 20.0. The van der Waals surface area contributed by atoms with E-state index in [1.807, 2.05) is 91.9 Å². The minimum Gasteiger partial charge on any atom is -0.496 e. The minimum atomic E-state index is -5.83. The van der Waals surface area contributed by atoms with Gasteiger partial charge in [-0.1, -0.05) is 115 Å². The van der Waals surface area contributed by atoms with Crippen LogP contribution in [0.25, 0.3) is 32.7 Å². The highest BCUT2D eigenvalue weighted by Gasteiger charge is 2.72. The van der Waals surface area contributed by atoms with Crippen molar-refractivity contribution < 1.29 is 54.9 Å². The summed E-state index contributed by atoms with van der Waals surface area (Å²) in [6.07, 6.45) is -11.7. The van der Waals surface area contributed by atoms with E-state index in [-0.39, 0.29) is 34.6 Å². The lowest BCUT2D eigenvalue weighted by Gasteiger charge is -2.38. The molecule has 0 aliphatic carbocycles. The zero-order valence-electron chi connectivity index (χ0n) is 40.0. The maximum Gasteiger partial charge on any atom is 0.411 e. The highest BCUT2D eigenvalue weighted by Crippen LogP contribution is 2.57. The molecular formula is C63H42F6O6. The number of hydrogen-bond donors (Lipinski definition) is 0. The normalized spacial score (nSPS) is 11.8. The number of alkyl halides is 6. The van der Waals surface area contributed by atoms with Crippen LogP contribution in [-0.2, 0) is 5.41 Å². The number of fused-ring (bicyclic) bond motifs is 2. The first-order chi connectivity index (χ1) is 36.1. The van der Waals surface area contributed by atoms with Gasteiger partial charge in [-0.15, -0.1) is 0 Å². The fourth-order valence-corrected chi connectivity index (χ4v) is 9.26. The standard InChI is InChI=1S/C63H42F6O6/c1-39-11-13-42(14-12-39)59(70)43-15-27-48(28-16-43)73-50-33-23-46(24-34-50)61(62(64,65)66,63(67,68)69)47-25-35-51(36-26-47)74-49-29-17-44(18-30-49)60(71)45-19-31-52(32-20-45)75-56-38-22-41-8-4-6-10-54(41)58(56)57-53-9-5-3-7-40(53)21-37-55(57)72-2/h3-38H,1-2H3. The van der Waals surface area contributed by atoms with Crippen LogP contribution >= 0.6 is 0 Å². The molecule has 0 spiro atoms. The quantitative estimate of drug-likeness (QED) is 0.0798. The van der Waals surface area contributed by atoms with E-state index in [0.29, 0.717) is 39.5 Å². The van der Waals surface area contributed by atoms with E-state index < -0.39 is 28.9 Å². The number of aryl methyl sites for hydroxylation is 1. The van der Waals surface area contributed by atoms with Crippen LogP contribution in [0.15, 0.2) is 218 Å². The number of ether oxygens (including phenoxy) is 4. The first kappa shape index (κ1) is 49.4. The first-order valence-corrected chi connectivity index (χ1v) is 23.5. The summed E-state index contributed by atoms with van der Waals surface area (Å²) < 4.78 is 114. The molecule has 0 aliphatic rings. The number of hydrogen-bond acceptors (Lipinski definition) is 6. The van der Waals surface area contributed by atoms with Gasteiger partial charge in [0, 0.05) is 33.4 Å². The summed E-state index contributed by atoms with van der Waals surface area (Å²) in [6, 6.07) is 56.5. The number of carbonyl (C=O) groups excluding carboxylic acids is 2. The third-order valence-corrected chi connectivity index (χ3v) is 13.0. The first-order valence-electron chi connectivity index (χ1n) is 23.5. The SMILES string of the molecule is COc1ccc2ccccc2c1-c1c(Oc2ccc(C(=O)c3ccc(Oc4ccc(C(c5ccc(Oc6ccc(C(=O)c7ccc(C)cc7)cc6)cc5)(C(F)(F)F)C(F)(F)F)cc4)cc3)cc2)ccc2ccccc12. The molecule has 0 heterocycles. The fraction of sp³-hybridized carbons (Fsp3) is 0.0794. The molecule has 0 saturated heterocycles. The fourth-order valence-electron chi connectivity index (χ4n) is 9.26. The van der Waals surface area contributed by atoms with Crippen molar-refractivity contribution in [3.8, 4) is 51.4 Å². The number of rotatable bonds is 14. The third kappa shape index (κ3) is 9.66. The molecule has 0 aliphatic heterocycles. The Morgan fingerprint density at radius 2 is 0.680 bits per heavy atom. The van der Waals surface area contributed by atoms with Gasteiger partial charge in [-0.25, -0.2) is 0 Å².